The Morgan fingerprint density at radius 3 is 2.76 bits per heavy atom. The van der Waals surface area contributed by atoms with E-state index in [9.17, 15) is 9.90 Å². The molecule has 1 aliphatic rings. The molecule has 1 heterocycles. The van der Waals surface area contributed by atoms with Crippen molar-refractivity contribution in [3.8, 4) is 5.75 Å². The summed E-state index contributed by atoms with van der Waals surface area (Å²) in [6.07, 6.45) is 0. The fourth-order valence-corrected chi connectivity index (χ4v) is 3.13. The Bertz CT molecular complexity index is 431. The SMILES string of the molecule is CC1(C)CN(C(=O)c2ccccc2O)CCS1. The predicted octanol–water partition coefficient (Wildman–Crippen LogP) is 2.36. The summed E-state index contributed by atoms with van der Waals surface area (Å²) in [7, 11) is 0. The largest absolute Gasteiger partial charge is 0.507 e. The van der Waals surface area contributed by atoms with Gasteiger partial charge < -0.3 is 10.0 Å². The maximum Gasteiger partial charge on any atom is 0.257 e. The number of nitrogens with zero attached hydrogens (tertiary/aromatic N) is 1. The van der Waals surface area contributed by atoms with Gasteiger partial charge in [0.2, 0.25) is 0 Å². The van der Waals surface area contributed by atoms with E-state index in [-0.39, 0.29) is 16.4 Å². The lowest BCUT2D eigenvalue weighted by atomic mass is 10.1. The molecule has 0 saturated carbocycles. The predicted molar refractivity (Wildman–Crippen MR) is 70.5 cm³/mol. The molecule has 2 rings (SSSR count). The first-order valence-corrected chi connectivity index (χ1v) is 6.69. The van der Waals surface area contributed by atoms with Crippen molar-refractivity contribution in [3.05, 3.63) is 29.8 Å². The average molecular weight is 251 g/mol. The number of aromatic hydroxyl groups is 1. The highest BCUT2D eigenvalue weighted by molar-refractivity contribution is 8.00. The average Bonchev–Trinajstić information content (AvgIpc) is 2.27. The number of phenolic OH excluding ortho intramolecular Hbond substituents is 1. The summed E-state index contributed by atoms with van der Waals surface area (Å²) >= 11 is 1.88. The van der Waals surface area contributed by atoms with Crippen molar-refractivity contribution in [1.29, 1.82) is 0 Å². The third kappa shape index (κ3) is 2.75. The van der Waals surface area contributed by atoms with Crippen LogP contribution in [0.1, 0.15) is 24.2 Å². The Hall–Kier alpha value is -1.16. The van der Waals surface area contributed by atoms with Crippen LogP contribution in [-0.4, -0.2) is 39.5 Å². The number of phenols is 1. The molecule has 1 fully saturated rings. The van der Waals surface area contributed by atoms with E-state index in [4.69, 9.17) is 0 Å². The quantitative estimate of drug-likeness (QED) is 0.833. The van der Waals surface area contributed by atoms with Crippen molar-refractivity contribution in [2.45, 2.75) is 18.6 Å². The number of rotatable bonds is 1. The van der Waals surface area contributed by atoms with Gasteiger partial charge >= 0.3 is 0 Å². The zero-order valence-corrected chi connectivity index (χ0v) is 11.0. The Morgan fingerprint density at radius 1 is 1.41 bits per heavy atom. The summed E-state index contributed by atoms with van der Waals surface area (Å²) in [5, 5.41) is 9.69. The highest BCUT2D eigenvalue weighted by Crippen LogP contribution is 2.31. The second-order valence-corrected chi connectivity index (χ2v) is 6.65. The normalized spacial score (nSPS) is 19.1. The Balaban J connectivity index is 2.18. The molecule has 0 aliphatic carbocycles. The number of hydrogen-bond acceptors (Lipinski definition) is 3. The summed E-state index contributed by atoms with van der Waals surface area (Å²) in [6.45, 7) is 5.76. The molecule has 92 valence electrons. The van der Waals surface area contributed by atoms with Crippen molar-refractivity contribution in [2.75, 3.05) is 18.8 Å². The van der Waals surface area contributed by atoms with Crippen LogP contribution in [0.2, 0.25) is 0 Å². The van der Waals surface area contributed by atoms with Gasteiger partial charge in [-0.25, -0.2) is 0 Å². The van der Waals surface area contributed by atoms with E-state index in [0.29, 0.717) is 5.56 Å². The molecule has 17 heavy (non-hydrogen) atoms. The van der Waals surface area contributed by atoms with Crippen LogP contribution in [0.3, 0.4) is 0 Å². The third-order valence-corrected chi connectivity index (χ3v) is 4.14. The van der Waals surface area contributed by atoms with Crippen molar-refractivity contribution < 1.29 is 9.90 Å². The number of amides is 1. The first-order valence-electron chi connectivity index (χ1n) is 5.71. The lowest BCUT2D eigenvalue weighted by Gasteiger charge is -2.37. The van der Waals surface area contributed by atoms with Gasteiger partial charge in [0.1, 0.15) is 5.75 Å². The highest BCUT2D eigenvalue weighted by Gasteiger charge is 2.30. The molecule has 0 bridgehead atoms. The number of para-hydroxylation sites is 1. The van der Waals surface area contributed by atoms with Gasteiger partial charge in [-0.2, -0.15) is 11.8 Å². The minimum absolute atomic E-state index is 0.0635. The summed E-state index contributed by atoms with van der Waals surface area (Å²) in [5.74, 6) is 0.941. The Morgan fingerprint density at radius 2 is 2.12 bits per heavy atom. The molecular formula is C13H17NO2S. The van der Waals surface area contributed by atoms with E-state index in [0.717, 1.165) is 18.8 Å². The minimum atomic E-state index is -0.0727. The van der Waals surface area contributed by atoms with E-state index < -0.39 is 0 Å². The summed E-state index contributed by atoms with van der Waals surface area (Å²) < 4.78 is 0.0955. The van der Waals surface area contributed by atoms with Crippen LogP contribution < -0.4 is 0 Å². The van der Waals surface area contributed by atoms with Gasteiger partial charge in [-0.3, -0.25) is 4.79 Å². The van der Waals surface area contributed by atoms with Crippen LogP contribution >= 0.6 is 11.8 Å². The van der Waals surface area contributed by atoms with Crippen molar-refractivity contribution >= 4 is 17.7 Å². The van der Waals surface area contributed by atoms with E-state index >= 15 is 0 Å². The van der Waals surface area contributed by atoms with Gasteiger partial charge in [-0.05, 0) is 26.0 Å². The van der Waals surface area contributed by atoms with E-state index in [1.54, 1.807) is 24.3 Å². The van der Waals surface area contributed by atoms with Crippen molar-refractivity contribution in [2.24, 2.45) is 0 Å². The minimum Gasteiger partial charge on any atom is -0.507 e. The topological polar surface area (TPSA) is 40.5 Å². The molecule has 0 radical (unpaired) electrons. The number of hydrogen-bond donors (Lipinski definition) is 1. The molecule has 1 aromatic rings. The van der Waals surface area contributed by atoms with Gasteiger partial charge in [0.05, 0.1) is 5.56 Å². The highest BCUT2D eigenvalue weighted by atomic mass is 32.2. The van der Waals surface area contributed by atoms with E-state index in [1.807, 2.05) is 16.7 Å². The Kier molecular flexibility index (Phi) is 3.33. The van der Waals surface area contributed by atoms with Crippen LogP contribution in [0, 0.1) is 0 Å². The molecule has 4 heteroatoms. The van der Waals surface area contributed by atoms with Gasteiger partial charge in [0.25, 0.3) is 5.91 Å². The molecule has 1 saturated heterocycles. The third-order valence-electron chi connectivity index (χ3n) is 2.85. The molecular weight excluding hydrogens is 234 g/mol. The molecule has 3 nitrogen and oxygen atoms in total. The number of thioether (sulfide) groups is 1. The molecule has 0 atom stereocenters. The van der Waals surface area contributed by atoms with Gasteiger partial charge in [0, 0.05) is 23.6 Å². The monoisotopic (exact) mass is 251 g/mol. The summed E-state index contributed by atoms with van der Waals surface area (Å²) in [6, 6.07) is 6.72. The maximum absolute atomic E-state index is 12.3. The first kappa shape index (κ1) is 12.3. The molecule has 0 spiro atoms. The molecule has 0 aromatic heterocycles. The second-order valence-electron chi connectivity index (χ2n) is 4.85. The maximum atomic E-state index is 12.3. The number of carbonyl (C=O) groups is 1. The van der Waals surface area contributed by atoms with Crippen LogP contribution in [0.25, 0.3) is 0 Å². The van der Waals surface area contributed by atoms with Gasteiger partial charge in [-0.1, -0.05) is 12.1 Å². The number of carbonyl (C=O) groups excluding carboxylic acids is 1. The van der Waals surface area contributed by atoms with Crippen LogP contribution in [0.5, 0.6) is 5.75 Å². The van der Waals surface area contributed by atoms with Crippen LogP contribution in [0.15, 0.2) is 24.3 Å². The standard InChI is InChI=1S/C13H17NO2S/c1-13(2)9-14(7-8-17-13)12(16)10-5-3-4-6-11(10)15/h3-6,15H,7-9H2,1-2H3. The fraction of sp³-hybridized carbons (Fsp3) is 0.462. The lowest BCUT2D eigenvalue weighted by Crippen LogP contribution is -2.46. The van der Waals surface area contributed by atoms with Crippen molar-refractivity contribution in [1.82, 2.24) is 4.90 Å². The van der Waals surface area contributed by atoms with Gasteiger partial charge in [0.15, 0.2) is 0 Å². The van der Waals surface area contributed by atoms with Gasteiger partial charge in [-0.15, -0.1) is 0 Å². The smallest absolute Gasteiger partial charge is 0.257 e. The molecule has 1 N–H and O–H groups in total. The zero-order valence-electron chi connectivity index (χ0n) is 10.1. The zero-order chi connectivity index (χ0) is 12.5. The lowest BCUT2D eigenvalue weighted by molar-refractivity contribution is 0.0745. The fourth-order valence-electron chi connectivity index (χ4n) is 2.01. The van der Waals surface area contributed by atoms with Crippen LogP contribution in [-0.2, 0) is 0 Å². The van der Waals surface area contributed by atoms with Crippen LogP contribution in [0.4, 0.5) is 0 Å². The van der Waals surface area contributed by atoms with Crippen molar-refractivity contribution in [3.63, 3.8) is 0 Å². The first-order chi connectivity index (χ1) is 7.99. The van der Waals surface area contributed by atoms with E-state index in [1.165, 1.54) is 0 Å². The second kappa shape index (κ2) is 4.61. The summed E-state index contributed by atoms with van der Waals surface area (Å²) in [4.78, 5) is 14.1. The molecule has 0 unspecified atom stereocenters. The molecule has 1 aliphatic heterocycles. The number of benzene rings is 1. The molecule has 1 amide bonds. The molecule has 1 aromatic carbocycles. The Labute approximate surface area is 106 Å². The van der Waals surface area contributed by atoms with E-state index in [2.05, 4.69) is 13.8 Å². The summed E-state index contributed by atoms with van der Waals surface area (Å²) in [5.41, 5.74) is 0.398.